The molecule has 0 radical (unpaired) electrons. The van der Waals surface area contributed by atoms with Gasteiger partial charge in [-0.15, -0.1) is 23.1 Å². The number of aryl methyl sites for hydroxylation is 1. The van der Waals surface area contributed by atoms with Crippen molar-refractivity contribution in [3.63, 3.8) is 0 Å². The fourth-order valence-electron chi connectivity index (χ4n) is 3.19. The van der Waals surface area contributed by atoms with Crippen molar-refractivity contribution in [3.05, 3.63) is 59.1 Å². The molecule has 0 saturated heterocycles. The summed E-state index contributed by atoms with van der Waals surface area (Å²) in [6.07, 6.45) is 0. The molecule has 33 heavy (non-hydrogen) atoms. The number of carbonyl (C=O) groups is 2. The van der Waals surface area contributed by atoms with Gasteiger partial charge in [-0.2, -0.15) is 0 Å². The van der Waals surface area contributed by atoms with Crippen LogP contribution in [0, 0.1) is 6.92 Å². The Morgan fingerprint density at radius 2 is 1.67 bits per heavy atom. The van der Waals surface area contributed by atoms with Gasteiger partial charge in [0.05, 0.1) is 18.9 Å². The van der Waals surface area contributed by atoms with E-state index in [2.05, 4.69) is 0 Å². The van der Waals surface area contributed by atoms with Gasteiger partial charge >= 0.3 is 17.7 Å². The maximum Gasteiger partial charge on any atom is 0.453 e. The standard InChI is InChI=1S/C24H23NO6S2/c1-4-28-22(26)24(23(27)29-5-2)30-18-12-11-17(13-19(18)31-24)32-14-20-15(3)25-21(33-20)16-9-7-6-8-10-16/h6-13H,4-5,14H2,1-3H3. The van der Waals surface area contributed by atoms with Crippen LogP contribution in [-0.2, 0) is 24.8 Å². The number of aromatic nitrogens is 1. The molecular formula is C24H23NO6S2. The molecular weight excluding hydrogens is 462 g/mol. The van der Waals surface area contributed by atoms with Crippen LogP contribution in [-0.4, -0.2) is 35.9 Å². The Morgan fingerprint density at radius 3 is 2.33 bits per heavy atom. The van der Waals surface area contributed by atoms with Gasteiger partial charge in [0.1, 0.15) is 5.01 Å². The Morgan fingerprint density at radius 1 is 1.00 bits per heavy atom. The van der Waals surface area contributed by atoms with Crippen molar-refractivity contribution in [2.24, 2.45) is 0 Å². The first-order valence-corrected chi connectivity index (χ1v) is 12.3. The van der Waals surface area contributed by atoms with Crippen molar-refractivity contribution in [1.29, 1.82) is 0 Å². The molecule has 1 aliphatic rings. The molecule has 0 aliphatic carbocycles. The van der Waals surface area contributed by atoms with E-state index in [1.54, 1.807) is 49.1 Å². The van der Waals surface area contributed by atoms with Crippen LogP contribution in [0.2, 0.25) is 0 Å². The van der Waals surface area contributed by atoms with E-state index in [0.29, 0.717) is 0 Å². The lowest BCUT2D eigenvalue weighted by Gasteiger charge is -2.22. The lowest BCUT2D eigenvalue weighted by Crippen LogP contribution is -2.55. The highest BCUT2D eigenvalue weighted by atomic mass is 32.2. The fourth-order valence-corrected chi connectivity index (χ4v) is 5.33. The highest BCUT2D eigenvalue weighted by molar-refractivity contribution is 7.98. The largest absolute Gasteiger partial charge is 0.460 e. The van der Waals surface area contributed by atoms with Gasteiger partial charge in [0, 0.05) is 21.1 Å². The zero-order valence-corrected chi connectivity index (χ0v) is 20.1. The first-order valence-electron chi connectivity index (χ1n) is 10.5. The second-order valence-corrected chi connectivity index (χ2v) is 9.18. The highest BCUT2D eigenvalue weighted by Gasteiger charge is 2.59. The van der Waals surface area contributed by atoms with Crippen molar-refractivity contribution < 1.29 is 28.5 Å². The smallest absolute Gasteiger partial charge is 0.453 e. The monoisotopic (exact) mass is 485 g/mol. The summed E-state index contributed by atoms with van der Waals surface area (Å²) in [5.74, 6) is -2.88. The zero-order chi connectivity index (χ0) is 23.4. The van der Waals surface area contributed by atoms with Gasteiger partial charge < -0.3 is 18.9 Å². The number of hydrogen-bond acceptors (Lipinski definition) is 9. The zero-order valence-electron chi connectivity index (χ0n) is 18.5. The molecule has 2 heterocycles. The van der Waals surface area contributed by atoms with Crippen molar-refractivity contribution in [1.82, 2.24) is 4.98 Å². The van der Waals surface area contributed by atoms with Crippen LogP contribution in [0.3, 0.4) is 0 Å². The summed E-state index contributed by atoms with van der Waals surface area (Å²) in [6, 6.07) is 15.4. The van der Waals surface area contributed by atoms with Gasteiger partial charge in [-0.1, -0.05) is 30.3 Å². The fraction of sp³-hybridized carbons (Fsp3) is 0.292. The minimum absolute atomic E-state index is 0.0727. The molecule has 3 aromatic rings. The quantitative estimate of drug-likeness (QED) is 0.250. The number of esters is 2. The Hall–Kier alpha value is -3.04. The Balaban J connectivity index is 1.50. The second-order valence-electron chi connectivity index (χ2n) is 7.05. The maximum absolute atomic E-state index is 12.5. The van der Waals surface area contributed by atoms with Crippen LogP contribution in [0.25, 0.3) is 10.6 Å². The van der Waals surface area contributed by atoms with E-state index in [4.69, 9.17) is 23.9 Å². The van der Waals surface area contributed by atoms with Crippen molar-refractivity contribution in [2.75, 3.05) is 13.2 Å². The molecule has 2 aromatic carbocycles. The molecule has 0 N–H and O–H groups in total. The third-order valence-electron chi connectivity index (χ3n) is 4.79. The molecule has 0 fully saturated rings. The number of benzene rings is 2. The molecule has 0 bridgehead atoms. The molecule has 172 valence electrons. The third kappa shape index (κ3) is 4.69. The molecule has 0 amide bonds. The normalized spacial score (nSPS) is 13.5. The number of ether oxygens (including phenoxy) is 4. The first kappa shape index (κ1) is 23.1. The third-order valence-corrected chi connectivity index (χ3v) is 7.20. The molecule has 0 unspecified atom stereocenters. The van der Waals surface area contributed by atoms with Crippen LogP contribution in [0.5, 0.6) is 11.5 Å². The lowest BCUT2D eigenvalue weighted by molar-refractivity contribution is -0.202. The van der Waals surface area contributed by atoms with E-state index < -0.39 is 17.7 Å². The summed E-state index contributed by atoms with van der Waals surface area (Å²) in [6.45, 7) is 5.43. The molecule has 0 saturated carbocycles. The van der Waals surface area contributed by atoms with Gasteiger partial charge in [-0.25, -0.2) is 14.6 Å². The van der Waals surface area contributed by atoms with Gasteiger partial charge in [0.25, 0.3) is 0 Å². The highest BCUT2D eigenvalue weighted by Crippen LogP contribution is 2.43. The number of fused-ring (bicyclic) bond motifs is 1. The lowest BCUT2D eigenvalue weighted by atomic mass is 10.2. The van der Waals surface area contributed by atoms with Crippen LogP contribution in [0.4, 0.5) is 0 Å². The topological polar surface area (TPSA) is 84.0 Å². The molecule has 0 atom stereocenters. The Labute approximate surface area is 200 Å². The van der Waals surface area contributed by atoms with Crippen LogP contribution >= 0.6 is 23.1 Å². The van der Waals surface area contributed by atoms with Crippen LogP contribution < -0.4 is 9.47 Å². The Kier molecular flexibility index (Phi) is 6.90. The summed E-state index contributed by atoms with van der Waals surface area (Å²) in [7, 11) is 0. The predicted octanol–water partition coefficient (Wildman–Crippen LogP) is 5.00. The predicted molar refractivity (Wildman–Crippen MR) is 126 cm³/mol. The van der Waals surface area contributed by atoms with E-state index in [1.165, 1.54) is 4.88 Å². The van der Waals surface area contributed by atoms with Gasteiger partial charge in [0.2, 0.25) is 0 Å². The van der Waals surface area contributed by atoms with Crippen molar-refractivity contribution in [3.8, 4) is 22.1 Å². The number of thiazole rings is 1. The minimum Gasteiger partial charge on any atom is -0.460 e. The number of rotatable bonds is 8. The van der Waals surface area contributed by atoms with E-state index in [1.807, 2.05) is 43.3 Å². The van der Waals surface area contributed by atoms with Crippen LogP contribution in [0.1, 0.15) is 24.4 Å². The summed E-state index contributed by atoms with van der Waals surface area (Å²) in [5, 5.41) is 0.989. The van der Waals surface area contributed by atoms with E-state index >= 15 is 0 Å². The first-order chi connectivity index (χ1) is 16.0. The average molecular weight is 486 g/mol. The number of thioether (sulfide) groups is 1. The summed E-state index contributed by atoms with van der Waals surface area (Å²) in [4.78, 5) is 31.8. The second kappa shape index (κ2) is 9.84. The summed E-state index contributed by atoms with van der Waals surface area (Å²) >= 11 is 3.27. The van der Waals surface area contributed by atoms with Gasteiger partial charge in [0.15, 0.2) is 11.5 Å². The molecule has 1 aromatic heterocycles. The number of hydrogen-bond donors (Lipinski definition) is 0. The number of nitrogens with zero attached hydrogens (tertiary/aromatic N) is 1. The molecule has 0 spiro atoms. The molecule has 4 rings (SSSR count). The number of carbonyl (C=O) groups excluding carboxylic acids is 2. The molecule has 1 aliphatic heterocycles. The van der Waals surface area contributed by atoms with Gasteiger partial charge in [-0.3, -0.25) is 0 Å². The Bertz CT molecular complexity index is 1140. The maximum atomic E-state index is 12.5. The van der Waals surface area contributed by atoms with Crippen molar-refractivity contribution >= 4 is 35.0 Å². The van der Waals surface area contributed by atoms with Gasteiger partial charge in [-0.05, 0) is 39.0 Å². The summed E-state index contributed by atoms with van der Waals surface area (Å²) < 4.78 is 21.4. The molecule has 7 nitrogen and oxygen atoms in total. The van der Waals surface area contributed by atoms with Crippen LogP contribution in [0.15, 0.2) is 53.4 Å². The SMILES string of the molecule is CCOC(=O)C1(C(=O)OCC)Oc2ccc(SCc3sc(-c4ccccc4)nc3C)cc2O1. The van der Waals surface area contributed by atoms with E-state index in [-0.39, 0.29) is 24.7 Å². The van der Waals surface area contributed by atoms with Crippen molar-refractivity contribution in [2.45, 2.75) is 37.2 Å². The average Bonchev–Trinajstić information content (AvgIpc) is 3.39. The van der Waals surface area contributed by atoms with E-state index in [9.17, 15) is 9.59 Å². The molecule has 9 heteroatoms. The van der Waals surface area contributed by atoms with E-state index in [0.717, 1.165) is 26.9 Å². The summed E-state index contributed by atoms with van der Waals surface area (Å²) in [5.41, 5.74) is 2.09. The minimum atomic E-state index is -2.28.